The number of hydrogen-bond acceptors (Lipinski definition) is 2. The van der Waals surface area contributed by atoms with E-state index < -0.39 is 0 Å². The van der Waals surface area contributed by atoms with E-state index in [-0.39, 0.29) is 10.8 Å². The number of nitrogens with one attached hydrogen (secondary N) is 1. The summed E-state index contributed by atoms with van der Waals surface area (Å²) in [6.45, 7) is 0. The van der Waals surface area contributed by atoms with E-state index in [4.69, 9.17) is 23.2 Å². The van der Waals surface area contributed by atoms with E-state index in [2.05, 4.69) is 25.9 Å². The standard InChI is InChI=1S/C8H3BrCl2N2O/c9-5-2-3(10)1-4-6(5)12-8(11)13-7(4)14/h1-2H,(H,12,13,14). The highest BCUT2D eigenvalue weighted by Gasteiger charge is 2.07. The zero-order chi connectivity index (χ0) is 10.3. The van der Waals surface area contributed by atoms with Crippen molar-refractivity contribution in [3.05, 3.63) is 37.3 Å². The highest BCUT2D eigenvalue weighted by molar-refractivity contribution is 9.10. The summed E-state index contributed by atoms with van der Waals surface area (Å²) in [5.41, 5.74) is 0.200. The van der Waals surface area contributed by atoms with Crippen molar-refractivity contribution >= 4 is 50.0 Å². The lowest BCUT2D eigenvalue weighted by atomic mass is 10.2. The van der Waals surface area contributed by atoms with Gasteiger partial charge in [-0.3, -0.25) is 9.78 Å². The largest absolute Gasteiger partial charge is 0.297 e. The Morgan fingerprint density at radius 3 is 2.79 bits per heavy atom. The Labute approximate surface area is 97.2 Å². The van der Waals surface area contributed by atoms with E-state index in [0.717, 1.165) is 0 Å². The van der Waals surface area contributed by atoms with Crippen LogP contribution in [0.4, 0.5) is 0 Å². The molecule has 0 fully saturated rings. The first kappa shape index (κ1) is 9.96. The molecule has 6 heteroatoms. The van der Waals surface area contributed by atoms with Gasteiger partial charge < -0.3 is 0 Å². The minimum absolute atomic E-state index is 0.0607. The molecular weight excluding hydrogens is 291 g/mol. The normalized spacial score (nSPS) is 10.8. The van der Waals surface area contributed by atoms with E-state index in [9.17, 15) is 4.79 Å². The molecule has 72 valence electrons. The van der Waals surface area contributed by atoms with E-state index in [1.807, 2.05) is 0 Å². The summed E-state index contributed by atoms with van der Waals surface area (Å²) < 4.78 is 0.646. The minimum atomic E-state index is -0.303. The number of benzene rings is 1. The van der Waals surface area contributed by atoms with Gasteiger partial charge in [-0.2, -0.15) is 0 Å². The first-order chi connectivity index (χ1) is 6.58. The summed E-state index contributed by atoms with van der Waals surface area (Å²) in [6, 6.07) is 3.20. The quantitative estimate of drug-likeness (QED) is 0.759. The minimum Gasteiger partial charge on any atom is -0.297 e. The highest BCUT2D eigenvalue weighted by atomic mass is 79.9. The maximum atomic E-state index is 11.4. The molecule has 2 rings (SSSR count). The summed E-state index contributed by atoms with van der Waals surface area (Å²) in [6.07, 6.45) is 0. The molecule has 0 atom stereocenters. The Morgan fingerprint density at radius 1 is 1.36 bits per heavy atom. The molecule has 0 amide bonds. The number of hydrogen-bond donors (Lipinski definition) is 1. The summed E-state index contributed by atoms with van der Waals surface area (Å²) in [7, 11) is 0. The number of rotatable bonds is 0. The molecule has 1 aromatic carbocycles. The van der Waals surface area contributed by atoms with Crippen molar-refractivity contribution in [2.45, 2.75) is 0 Å². The van der Waals surface area contributed by atoms with Crippen LogP contribution in [0.1, 0.15) is 0 Å². The molecule has 0 bridgehead atoms. The van der Waals surface area contributed by atoms with Crippen LogP contribution >= 0.6 is 39.1 Å². The summed E-state index contributed by atoms with van der Waals surface area (Å²) in [5.74, 6) is 0. The molecule has 1 heterocycles. The summed E-state index contributed by atoms with van der Waals surface area (Å²) >= 11 is 14.7. The Bertz CT molecular complexity index is 567. The molecule has 0 spiro atoms. The van der Waals surface area contributed by atoms with E-state index >= 15 is 0 Å². The van der Waals surface area contributed by atoms with E-state index in [1.54, 1.807) is 12.1 Å². The first-order valence-corrected chi connectivity index (χ1v) is 5.17. The Hall–Kier alpha value is -0.580. The molecule has 0 unspecified atom stereocenters. The van der Waals surface area contributed by atoms with Crippen LogP contribution in [0.5, 0.6) is 0 Å². The maximum Gasteiger partial charge on any atom is 0.259 e. The molecule has 2 aromatic rings. The zero-order valence-corrected chi connectivity index (χ0v) is 9.74. The van der Waals surface area contributed by atoms with Crippen molar-refractivity contribution < 1.29 is 0 Å². The lowest BCUT2D eigenvalue weighted by molar-refractivity contribution is 1.17. The van der Waals surface area contributed by atoms with Gasteiger partial charge in [-0.15, -0.1) is 0 Å². The number of aromatic amines is 1. The van der Waals surface area contributed by atoms with Gasteiger partial charge in [0.1, 0.15) is 0 Å². The van der Waals surface area contributed by atoms with Gasteiger partial charge in [0.05, 0.1) is 10.9 Å². The molecule has 0 radical (unpaired) electrons. The smallest absolute Gasteiger partial charge is 0.259 e. The van der Waals surface area contributed by atoms with Crippen LogP contribution in [0, 0.1) is 0 Å². The lowest BCUT2D eigenvalue weighted by Crippen LogP contribution is -2.07. The Morgan fingerprint density at radius 2 is 2.07 bits per heavy atom. The topological polar surface area (TPSA) is 45.8 Å². The third-order valence-electron chi connectivity index (χ3n) is 1.70. The molecule has 1 N–H and O–H groups in total. The fourth-order valence-electron chi connectivity index (χ4n) is 1.14. The number of aromatic nitrogens is 2. The summed E-state index contributed by atoms with van der Waals surface area (Å²) in [5, 5.41) is 0.943. The average molecular weight is 294 g/mol. The molecule has 0 saturated carbocycles. The van der Waals surface area contributed by atoms with Crippen LogP contribution in [0.2, 0.25) is 10.3 Å². The third-order valence-corrected chi connectivity index (χ3v) is 2.70. The van der Waals surface area contributed by atoms with Gasteiger partial charge in [-0.1, -0.05) is 11.6 Å². The van der Waals surface area contributed by atoms with E-state index in [0.29, 0.717) is 20.4 Å². The number of nitrogens with zero attached hydrogens (tertiary/aromatic N) is 1. The van der Waals surface area contributed by atoms with Gasteiger partial charge >= 0.3 is 0 Å². The second-order valence-corrected chi connectivity index (χ2v) is 4.29. The summed E-state index contributed by atoms with van der Waals surface area (Å²) in [4.78, 5) is 17.8. The molecule has 0 aliphatic heterocycles. The first-order valence-electron chi connectivity index (χ1n) is 3.62. The van der Waals surface area contributed by atoms with E-state index in [1.165, 1.54) is 0 Å². The van der Waals surface area contributed by atoms with Crippen molar-refractivity contribution in [3.63, 3.8) is 0 Å². The van der Waals surface area contributed by atoms with Crippen LogP contribution in [-0.4, -0.2) is 9.97 Å². The van der Waals surface area contributed by atoms with Crippen molar-refractivity contribution in [3.8, 4) is 0 Å². The predicted molar refractivity (Wildman–Crippen MR) is 60.1 cm³/mol. The number of fused-ring (bicyclic) bond motifs is 1. The van der Waals surface area contributed by atoms with Gasteiger partial charge in [0.25, 0.3) is 5.56 Å². The van der Waals surface area contributed by atoms with Gasteiger partial charge in [0, 0.05) is 9.50 Å². The second-order valence-electron chi connectivity index (χ2n) is 2.64. The monoisotopic (exact) mass is 292 g/mol. The van der Waals surface area contributed by atoms with Crippen molar-refractivity contribution in [2.24, 2.45) is 0 Å². The van der Waals surface area contributed by atoms with Crippen LogP contribution in [-0.2, 0) is 0 Å². The van der Waals surface area contributed by atoms with Crippen molar-refractivity contribution in [2.75, 3.05) is 0 Å². The number of halogens is 3. The number of H-pyrrole nitrogens is 1. The third kappa shape index (κ3) is 1.65. The predicted octanol–water partition coefficient (Wildman–Crippen LogP) is 2.99. The molecular formula is C8H3BrCl2N2O. The van der Waals surface area contributed by atoms with Gasteiger partial charge in [0.15, 0.2) is 0 Å². The molecule has 0 aliphatic carbocycles. The molecule has 0 aliphatic rings. The lowest BCUT2D eigenvalue weighted by Gasteiger charge is -2.00. The SMILES string of the molecule is O=c1[nH]c(Cl)nc2c(Br)cc(Cl)cc12. The zero-order valence-electron chi connectivity index (χ0n) is 6.64. The van der Waals surface area contributed by atoms with Gasteiger partial charge in [0.2, 0.25) is 5.28 Å². The fraction of sp³-hybridized carbons (Fsp3) is 0. The van der Waals surface area contributed by atoms with Gasteiger partial charge in [-0.05, 0) is 39.7 Å². The molecule has 0 saturated heterocycles. The van der Waals surface area contributed by atoms with Crippen LogP contribution in [0.15, 0.2) is 21.4 Å². The average Bonchev–Trinajstić information content (AvgIpc) is 2.07. The van der Waals surface area contributed by atoms with Crippen LogP contribution in [0.25, 0.3) is 10.9 Å². The Balaban J connectivity index is 3.02. The maximum absolute atomic E-state index is 11.4. The highest BCUT2D eigenvalue weighted by Crippen LogP contribution is 2.25. The Kier molecular flexibility index (Phi) is 2.51. The van der Waals surface area contributed by atoms with Crippen molar-refractivity contribution in [1.29, 1.82) is 0 Å². The van der Waals surface area contributed by atoms with Gasteiger partial charge in [-0.25, -0.2) is 4.98 Å². The van der Waals surface area contributed by atoms with Crippen LogP contribution < -0.4 is 5.56 Å². The second kappa shape index (κ2) is 3.53. The molecule has 1 aromatic heterocycles. The van der Waals surface area contributed by atoms with Crippen LogP contribution in [0.3, 0.4) is 0 Å². The van der Waals surface area contributed by atoms with Crippen molar-refractivity contribution in [1.82, 2.24) is 9.97 Å². The molecule has 14 heavy (non-hydrogen) atoms. The fourth-order valence-corrected chi connectivity index (χ4v) is 2.21. The molecule has 3 nitrogen and oxygen atoms in total.